The molecule has 0 unspecified atom stereocenters. The van der Waals surface area contributed by atoms with Crippen molar-refractivity contribution >= 4 is 11.0 Å². The van der Waals surface area contributed by atoms with E-state index in [2.05, 4.69) is 51.1 Å². The fourth-order valence-electron chi connectivity index (χ4n) is 7.99. The minimum Gasteiger partial charge on any atom is -0.507 e. The number of pyridine rings is 1. The molecule has 5 heteroatoms. The van der Waals surface area contributed by atoms with Crippen molar-refractivity contribution in [1.82, 2.24) is 14.5 Å². The normalized spacial score (nSPS) is 19.8. The summed E-state index contributed by atoms with van der Waals surface area (Å²) in [7, 11) is 0. The molecule has 56 heavy (non-hydrogen) atoms. The van der Waals surface area contributed by atoms with E-state index in [-0.39, 0.29) is 54.5 Å². The zero-order chi connectivity index (χ0) is 44.5. The largest absolute Gasteiger partial charge is 0.507 e. The van der Waals surface area contributed by atoms with Crippen LogP contribution in [-0.4, -0.2) is 19.6 Å². The summed E-state index contributed by atoms with van der Waals surface area (Å²) in [5, 5.41) is 11.3. The standard InChI is InChI=1S/C51H42N3O.Pt/c1-50(2,3)44-19-8-6-16-40(44)34-25-27-52-45(30-34)36-15-10-14-33(28-36)41-18-11-20-46-48(41)53-49(42-17-7-9-21-47(42)55)54(46)39-22-23-43-35(29-39)24-26-51(43)31-37-12-4-5-13-38(37)32-51;/h4-23,25,27,29-30,55H,24,26,31-32H2,1-3H3;/q-1;/i24D2,26D2,31D2,32D2;. The molecule has 4 nitrogen and oxygen atoms in total. The first kappa shape index (κ1) is 27.9. The first-order valence-electron chi connectivity index (χ1n) is 22.5. The van der Waals surface area contributed by atoms with Crippen molar-refractivity contribution in [1.29, 1.82) is 0 Å². The zero-order valence-corrected chi connectivity index (χ0v) is 33.2. The second kappa shape index (κ2) is 13.9. The second-order valence-electron chi connectivity index (χ2n) is 15.2. The summed E-state index contributed by atoms with van der Waals surface area (Å²) < 4.78 is 77.1. The van der Waals surface area contributed by atoms with E-state index in [1.54, 1.807) is 47.0 Å². The number of imidazole rings is 1. The average molecular weight is 916 g/mol. The van der Waals surface area contributed by atoms with Crippen LogP contribution in [-0.2, 0) is 51.0 Å². The Bertz CT molecular complexity index is 3140. The molecule has 2 aliphatic carbocycles. The number of hydrogen-bond donors (Lipinski definition) is 1. The number of fused-ring (bicyclic) bond motifs is 4. The number of benzene rings is 6. The van der Waals surface area contributed by atoms with Crippen LogP contribution in [0.1, 0.15) is 65.9 Å². The number of aromatic hydroxyl groups is 1. The molecule has 2 aliphatic rings. The van der Waals surface area contributed by atoms with Gasteiger partial charge in [0.1, 0.15) is 11.6 Å². The molecule has 8 aromatic rings. The van der Waals surface area contributed by atoms with Crippen LogP contribution in [0.4, 0.5) is 0 Å². The Morgan fingerprint density at radius 1 is 0.714 bits per heavy atom. The van der Waals surface area contributed by atoms with Crippen LogP contribution < -0.4 is 0 Å². The van der Waals surface area contributed by atoms with E-state index in [1.807, 2.05) is 54.7 Å². The number of phenolic OH excluding ortho intramolecular Hbond substituents is 1. The van der Waals surface area contributed by atoms with E-state index in [0.717, 1.165) is 33.5 Å². The minimum absolute atomic E-state index is 0. The molecule has 0 radical (unpaired) electrons. The van der Waals surface area contributed by atoms with Crippen molar-refractivity contribution in [3.05, 3.63) is 180 Å². The van der Waals surface area contributed by atoms with Gasteiger partial charge in [0.15, 0.2) is 0 Å². The molecule has 0 atom stereocenters. The number of aryl methyl sites for hydroxylation is 1. The number of phenols is 1. The summed E-state index contributed by atoms with van der Waals surface area (Å²) in [6.07, 6.45) is -9.35. The van der Waals surface area contributed by atoms with Crippen LogP contribution in [0.25, 0.3) is 61.6 Å². The Morgan fingerprint density at radius 3 is 2.20 bits per heavy atom. The molecule has 2 heterocycles. The predicted molar refractivity (Wildman–Crippen MR) is 224 cm³/mol. The average Bonchev–Trinajstić information content (AvgIpc) is 3.77. The number of nitrogens with zero attached hydrogens (tertiary/aromatic N) is 3. The van der Waals surface area contributed by atoms with Crippen LogP contribution in [0.15, 0.2) is 146 Å². The van der Waals surface area contributed by atoms with Gasteiger partial charge < -0.3 is 5.11 Å². The summed E-state index contributed by atoms with van der Waals surface area (Å²) in [6.45, 7) is 6.60. The molecular weight excluding hydrogens is 866 g/mol. The van der Waals surface area contributed by atoms with Crippen LogP contribution in [0, 0.1) is 6.07 Å². The van der Waals surface area contributed by atoms with Crippen LogP contribution >= 0.6 is 0 Å². The van der Waals surface area contributed by atoms with Gasteiger partial charge >= 0.3 is 0 Å². The first-order valence-corrected chi connectivity index (χ1v) is 18.5. The molecule has 0 aliphatic heterocycles. The summed E-state index contributed by atoms with van der Waals surface area (Å²) in [5.41, 5.74) is 5.41. The van der Waals surface area contributed by atoms with E-state index in [9.17, 15) is 16.1 Å². The molecule has 0 saturated carbocycles. The molecule has 0 amide bonds. The molecule has 2 aromatic heterocycles. The Hall–Kier alpha value is -5.57. The van der Waals surface area contributed by atoms with Crippen molar-refractivity contribution in [2.24, 2.45) is 0 Å². The van der Waals surface area contributed by atoms with Crippen molar-refractivity contribution < 1.29 is 37.1 Å². The quantitative estimate of drug-likeness (QED) is 0.175. The van der Waals surface area contributed by atoms with Gasteiger partial charge in [-0.3, -0.25) is 9.55 Å². The van der Waals surface area contributed by atoms with E-state index in [0.29, 0.717) is 28.1 Å². The third kappa shape index (κ3) is 6.03. The maximum atomic E-state index is 11.3. The SMILES string of the molecule is [2H]C1([2H])c2cc(-n3c(-c4ccccc4O)nc4c(-c5[c-]c(-c6cc(-c7ccccc7C(C)(C)C)ccn6)ccc5)cccc43)ccc2C2(C([2H])([2H])c3ccccc3C2([2H])[2H])C1([2H])[2H].[Pt]. The molecule has 278 valence electrons. The van der Waals surface area contributed by atoms with Gasteiger partial charge in [-0.1, -0.05) is 117 Å². The van der Waals surface area contributed by atoms with Gasteiger partial charge in [-0.05, 0) is 106 Å². The topological polar surface area (TPSA) is 50.9 Å². The van der Waals surface area contributed by atoms with E-state index in [4.69, 9.17) is 9.97 Å². The number of aromatic nitrogens is 3. The number of para-hydroxylation sites is 2. The molecule has 0 fully saturated rings. The zero-order valence-electron chi connectivity index (χ0n) is 39.0. The van der Waals surface area contributed by atoms with Gasteiger partial charge in [-0.15, -0.1) is 29.8 Å². The smallest absolute Gasteiger partial charge is 0.148 e. The predicted octanol–water partition coefficient (Wildman–Crippen LogP) is 11.9. The van der Waals surface area contributed by atoms with Crippen molar-refractivity contribution in [3.63, 3.8) is 0 Å². The van der Waals surface area contributed by atoms with E-state index in [1.165, 1.54) is 29.8 Å². The molecule has 0 saturated heterocycles. The summed E-state index contributed by atoms with van der Waals surface area (Å²) in [6, 6.07) is 45.1. The van der Waals surface area contributed by atoms with Gasteiger partial charge in [0.25, 0.3) is 0 Å². The van der Waals surface area contributed by atoms with Crippen molar-refractivity contribution in [2.45, 2.75) is 57.1 Å². The Balaban J connectivity index is 0.00000518. The van der Waals surface area contributed by atoms with Gasteiger partial charge in [0.2, 0.25) is 0 Å². The summed E-state index contributed by atoms with van der Waals surface area (Å²) >= 11 is 0. The van der Waals surface area contributed by atoms with Gasteiger partial charge in [-0.2, -0.15) is 0 Å². The molecule has 6 aromatic carbocycles. The third-order valence-electron chi connectivity index (χ3n) is 10.6. The molecule has 0 bridgehead atoms. The van der Waals surface area contributed by atoms with Gasteiger partial charge in [0, 0.05) is 55.0 Å². The number of hydrogen-bond acceptors (Lipinski definition) is 3. The molecule has 1 N–H and O–H groups in total. The van der Waals surface area contributed by atoms with Gasteiger partial charge in [-0.25, -0.2) is 4.98 Å². The van der Waals surface area contributed by atoms with Gasteiger partial charge in [0.05, 0.1) is 16.6 Å². The molecule has 10 rings (SSSR count). The molecular formula is C51H42N3OPt-. The van der Waals surface area contributed by atoms with E-state index < -0.39 is 30.9 Å². The summed E-state index contributed by atoms with van der Waals surface area (Å²) in [5.74, 6) is 0.286. The fraction of sp³-hybridized carbons (Fsp3) is 0.176. The van der Waals surface area contributed by atoms with Crippen LogP contribution in [0.5, 0.6) is 5.75 Å². The van der Waals surface area contributed by atoms with Crippen molar-refractivity contribution in [3.8, 4) is 56.3 Å². The maximum absolute atomic E-state index is 11.3. The minimum atomic E-state index is -3.05. The fourth-order valence-corrected chi connectivity index (χ4v) is 7.99. The Morgan fingerprint density at radius 2 is 1.41 bits per heavy atom. The summed E-state index contributed by atoms with van der Waals surface area (Å²) in [4.78, 5) is 9.92. The second-order valence-corrected chi connectivity index (χ2v) is 15.2. The molecule has 1 spiro atoms. The van der Waals surface area contributed by atoms with E-state index >= 15 is 0 Å². The maximum Gasteiger partial charge on any atom is 0.148 e. The Labute approximate surface area is 354 Å². The van der Waals surface area contributed by atoms with Crippen LogP contribution in [0.3, 0.4) is 0 Å². The monoisotopic (exact) mass is 915 g/mol. The van der Waals surface area contributed by atoms with Crippen LogP contribution in [0.2, 0.25) is 0 Å². The Kier molecular flexibility index (Phi) is 6.91. The third-order valence-corrected chi connectivity index (χ3v) is 10.6. The van der Waals surface area contributed by atoms with Crippen molar-refractivity contribution in [2.75, 3.05) is 0 Å². The first-order chi connectivity index (χ1) is 29.8. The number of rotatable bonds is 5.